The maximum absolute atomic E-state index is 11.8. The number of thiazole rings is 1. The molecule has 0 aliphatic carbocycles. The smallest absolute Gasteiger partial charge is 0.315 e. The predicted octanol–water partition coefficient (Wildman–Crippen LogP) is 1.97. The zero-order valence-corrected chi connectivity index (χ0v) is 14.3. The van der Waals surface area contributed by atoms with Crippen LogP contribution in [0.3, 0.4) is 0 Å². The van der Waals surface area contributed by atoms with Gasteiger partial charge in [0, 0.05) is 31.6 Å². The van der Waals surface area contributed by atoms with E-state index >= 15 is 0 Å². The highest BCUT2D eigenvalue weighted by molar-refractivity contribution is 7.09. The lowest BCUT2D eigenvalue weighted by atomic mass is 10.2. The van der Waals surface area contributed by atoms with E-state index in [0.29, 0.717) is 13.1 Å². The van der Waals surface area contributed by atoms with Crippen molar-refractivity contribution in [1.29, 1.82) is 0 Å². The molecule has 1 fully saturated rings. The molecule has 1 aromatic heterocycles. The molecule has 1 aliphatic rings. The van der Waals surface area contributed by atoms with Crippen molar-refractivity contribution in [1.82, 2.24) is 20.5 Å². The highest BCUT2D eigenvalue weighted by Gasteiger charge is 2.12. The molecular formula is C17H22N4O2S. The Morgan fingerprint density at radius 1 is 1.17 bits per heavy atom. The second kappa shape index (κ2) is 8.77. The van der Waals surface area contributed by atoms with Crippen molar-refractivity contribution in [3.8, 4) is 0 Å². The molecule has 0 saturated carbocycles. The Bertz CT molecular complexity index is 641. The van der Waals surface area contributed by atoms with Gasteiger partial charge in [-0.15, -0.1) is 11.3 Å². The summed E-state index contributed by atoms with van der Waals surface area (Å²) in [6, 6.07) is 9.67. The van der Waals surface area contributed by atoms with Crippen molar-refractivity contribution < 1.29 is 9.53 Å². The third-order valence-electron chi connectivity index (χ3n) is 3.78. The van der Waals surface area contributed by atoms with E-state index in [0.717, 1.165) is 49.1 Å². The molecule has 1 aromatic carbocycles. The van der Waals surface area contributed by atoms with Crippen molar-refractivity contribution >= 4 is 17.4 Å². The van der Waals surface area contributed by atoms with E-state index in [1.807, 2.05) is 30.3 Å². The minimum Gasteiger partial charge on any atom is -0.379 e. The van der Waals surface area contributed by atoms with Crippen molar-refractivity contribution in [2.24, 2.45) is 0 Å². The molecule has 24 heavy (non-hydrogen) atoms. The van der Waals surface area contributed by atoms with Crippen LogP contribution in [0, 0.1) is 0 Å². The maximum atomic E-state index is 11.8. The van der Waals surface area contributed by atoms with Gasteiger partial charge in [-0.05, 0) is 5.56 Å². The Morgan fingerprint density at radius 2 is 1.92 bits per heavy atom. The molecule has 1 saturated heterocycles. The van der Waals surface area contributed by atoms with E-state index in [-0.39, 0.29) is 6.03 Å². The molecule has 0 spiro atoms. The Balaban J connectivity index is 1.39. The van der Waals surface area contributed by atoms with Crippen LogP contribution in [0.5, 0.6) is 0 Å². The monoisotopic (exact) mass is 346 g/mol. The van der Waals surface area contributed by atoms with Gasteiger partial charge in [-0.2, -0.15) is 0 Å². The van der Waals surface area contributed by atoms with E-state index in [9.17, 15) is 4.79 Å². The van der Waals surface area contributed by atoms with Gasteiger partial charge in [0.15, 0.2) is 0 Å². The SMILES string of the molecule is O=C(NCc1ccccc1)NCc1nc(CN2CCOCC2)cs1. The summed E-state index contributed by atoms with van der Waals surface area (Å²) in [5.74, 6) is 0. The molecule has 7 heteroatoms. The summed E-state index contributed by atoms with van der Waals surface area (Å²) in [6.07, 6.45) is 0. The molecule has 128 valence electrons. The molecule has 2 heterocycles. The summed E-state index contributed by atoms with van der Waals surface area (Å²) in [5.41, 5.74) is 2.14. The first-order valence-electron chi connectivity index (χ1n) is 8.08. The van der Waals surface area contributed by atoms with Crippen LogP contribution in [-0.2, 0) is 24.4 Å². The summed E-state index contributed by atoms with van der Waals surface area (Å²) in [7, 11) is 0. The number of amides is 2. The predicted molar refractivity (Wildman–Crippen MR) is 93.7 cm³/mol. The Hall–Kier alpha value is -1.96. The van der Waals surface area contributed by atoms with E-state index in [2.05, 4.69) is 25.9 Å². The minimum absolute atomic E-state index is 0.177. The zero-order valence-electron chi connectivity index (χ0n) is 13.5. The number of nitrogens with zero attached hydrogens (tertiary/aromatic N) is 2. The van der Waals surface area contributed by atoms with Crippen molar-refractivity contribution in [2.75, 3.05) is 26.3 Å². The molecule has 0 radical (unpaired) electrons. The third-order valence-corrected chi connectivity index (χ3v) is 4.68. The van der Waals surface area contributed by atoms with Gasteiger partial charge in [-0.1, -0.05) is 30.3 Å². The van der Waals surface area contributed by atoms with Crippen LogP contribution in [-0.4, -0.2) is 42.2 Å². The zero-order chi connectivity index (χ0) is 16.6. The Morgan fingerprint density at radius 3 is 2.71 bits per heavy atom. The summed E-state index contributed by atoms with van der Waals surface area (Å²) in [4.78, 5) is 18.8. The number of rotatable bonds is 6. The van der Waals surface area contributed by atoms with Gasteiger partial charge >= 0.3 is 6.03 Å². The van der Waals surface area contributed by atoms with Gasteiger partial charge in [0.25, 0.3) is 0 Å². The van der Waals surface area contributed by atoms with Crippen molar-refractivity contribution in [3.05, 3.63) is 52.0 Å². The summed E-state index contributed by atoms with van der Waals surface area (Å²) in [6.45, 7) is 5.31. The average molecular weight is 346 g/mol. The number of carbonyl (C=O) groups is 1. The number of hydrogen-bond donors (Lipinski definition) is 2. The van der Waals surface area contributed by atoms with Crippen molar-refractivity contribution in [2.45, 2.75) is 19.6 Å². The lowest BCUT2D eigenvalue weighted by molar-refractivity contribution is 0.0337. The summed E-state index contributed by atoms with van der Waals surface area (Å²) >= 11 is 1.58. The number of urea groups is 1. The van der Waals surface area contributed by atoms with Gasteiger partial charge in [0.2, 0.25) is 0 Å². The van der Waals surface area contributed by atoms with E-state index in [1.165, 1.54) is 0 Å². The minimum atomic E-state index is -0.177. The molecule has 3 rings (SSSR count). The molecule has 0 bridgehead atoms. The summed E-state index contributed by atoms with van der Waals surface area (Å²) < 4.78 is 5.35. The third kappa shape index (κ3) is 5.30. The number of ether oxygens (including phenoxy) is 1. The number of nitrogens with one attached hydrogen (secondary N) is 2. The highest BCUT2D eigenvalue weighted by Crippen LogP contribution is 2.12. The molecule has 2 N–H and O–H groups in total. The van der Waals surface area contributed by atoms with Gasteiger partial charge in [0.1, 0.15) is 5.01 Å². The average Bonchev–Trinajstić information content (AvgIpc) is 3.07. The van der Waals surface area contributed by atoms with Crippen LogP contribution in [0.4, 0.5) is 4.79 Å². The molecule has 0 atom stereocenters. The lowest BCUT2D eigenvalue weighted by Gasteiger charge is -2.25. The topological polar surface area (TPSA) is 66.5 Å². The number of aromatic nitrogens is 1. The Labute approximate surface area is 145 Å². The van der Waals surface area contributed by atoms with Crippen LogP contribution >= 0.6 is 11.3 Å². The van der Waals surface area contributed by atoms with Gasteiger partial charge < -0.3 is 15.4 Å². The van der Waals surface area contributed by atoms with Crippen LogP contribution in [0.2, 0.25) is 0 Å². The van der Waals surface area contributed by atoms with Crippen LogP contribution in [0.1, 0.15) is 16.3 Å². The first-order valence-corrected chi connectivity index (χ1v) is 8.96. The van der Waals surface area contributed by atoms with E-state index < -0.39 is 0 Å². The summed E-state index contributed by atoms with van der Waals surface area (Å²) in [5, 5.41) is 8.68. The highest BCUT2D eigenvalue weighted by atomic mass is 32.1. The first kappa shape index (κ1) is 16.9. The number of hydrogen-bond acceptors (Lipinski definition) is 5. The fourth-order valence-electron chi connectivity index (χ4n) is 2.49. The normalized spacial score (nSPS) is 15.2. The van der Waals surface area contributed by atoms with Crippen LogP contribution < -0.4 is 10.6 Å². The molecule has 1 aliphatic heterocycles. The first-order chi connectivity index (χ1) is 11.8. The largest absolute Gasteiger partial charge is 0.379 e. The Kier molecular flexibility index (Phi) is 6.17. The van der Waals surface area contributed by atoms with Gasteiger partial charge in [0.05, 0.1) is 25.5 Å². The molecule has 2 amide bonds. The van der Waals surface area contributed by atoms with Gasteiger partial charge in [-0.3, -0.25) is 4.90 Å². The van der Waals surface area contributed by atoms with E-state index in [4.69, 9.17) is 4.74 Å². The maximum Gasteiger partial charge on any atom is 0.315 e. The quantitative estimate of drug-likeness (QED) is 0.839. The second-order valence-electron chi connectivity index (χ2n) is 5.64. The second-order valence-corrected chi connectivity index (χ2v) is 6.59. The number of benzene rings is 1. The van der Waals surface area contributed by atoms with Crippen LogP contribution in [0.25, 0.3) is 0 Å². The van der Waals surface area contributed by atoms with Crippen molar-refractivity contribution in [3.63, 3.8) is 0 Å². The fourth-order valence-corrected chi connectivity index (χ4v) is 3.21. The molecular weight excluding hydrogens is 324 g/mol. The number of morpholine rings is 1. The molecule has 0 unspecified atom stereocenters. The molecule has 2 aromatic rings. The standard InChI is InChI=1S/C17H22N4O2S/c22-17(18-10-14-4-2-1-3-5-14)19-11-16-20-15(13-24-16)12-21-6-8-23-9-7-21/h1-5,13H,6-12H2,(H2,18,19,22). The van der Waals surface area contributed by atoms with E-state index in [1.54, 1.807) is 11.3 Å². The molecule has 6 nitrogen and oxygen atoms in total. The fraction of sp³-hybridized carbons (Fsp3) is 0.412. The van der Waals surface area contributed by atoms with Crippen LogP contribution in [0.15, 0.2) is 35.7 Å². The lowest BCUT2D eigenvalue weighted by Crippen LogP contribution is -2.35. The van der Waals surface area contributed by atoms with Gasteiger partial charge in [-0.25, -0.2) is 9.78 Å². The number of carbonyl (C=O) groups excluding carboxylic acids is 1.